The molecule has 0 aromatic carbocycles. The van der Waals surface area contributed by atoms with Crippen molar-refractivity contribution in [2.24, 2.45) is 5.41 Å². The Hall–Kier alpha value is -5.08. The second-order valence-electron chi connectivity index (χ2n) is 10.8. The molecule has 0 aromatic heterocycles. The summed E-state index contributed by atoms with van der Waals surface area (Å²) in [5.74, 6) is -2.19. The maximum absolute atomic E-state index is 12.6. The number of hydrogen-bond donors (Lipinski definition) is 5. The molecule has 0 aromatic rings. The number of nitrogens with one attached hydrogen (secondary N) is 4. The van der Waals surface area contributed by atoms with Gasteiger partial charge in [-0.15, -0.1) is 0 Å². The quantitative estimate of drug-likeness (QED) is 0.0384. The molecule has 1 atom stereocenters. The normalized spacial score (nSPS) is 11.6. The van der Waals surface area contributed by atoms with Crippen LogP contribution in [0.4, 0.5) is 0 Å². The minimum absolute atomic E-state index is 0.00443. The highest BCUT2D eigenvalue weighted by Gasteiger charge is 2.32. The number of aliphatic hydroxyl groups is 1. The molecule has 0 fully saturated rings. The molecule has 0 aliphatic heterocycles. The average molecular weight is 670 g/mol. The summed E-state index contributed by atoms with van der Waals surface area (Å²) < 4.78 is 0. The van der Waals surface area contributed by atoms with E-state index in [-0.39, 0.29) is 43.9 Å². The van der Waals surface area contributed by atoms with E-state index in [4.69, 9.17) is 0 Å². The van der Waals surface area contributed by atoms with Gasteiger partial charge in [-0.05, 0) is 43.2 Å². The monoisotopic (exact) mass is 669 g/mol. The van der Waals surface area contributed by atoms with Gasteiger partial charge in [0, 0.05) is 84.0 Å². The predicted octanol–water partition coefficient (Wildman–Crippen LogP) is -0.203. The van der Waals surface area contributed by atoms with E-state index >= 15 is 0 Å². The molecular weight excluding hydrogens is 618 g/mol. The van der Waals surface area contributed by atoms with Crippen molar-refractivity contribution in [1.82, 2.24) is 36.0 Å². The van der Waals surface area contributed by atoms with Crippen LogP contribution in [0, 0.1) is 5.41 Å². The Kier molecular flexibility index (Phi) is 21.6. The summed E-state index contributed by atoms with van der Waals surface area (Å²) in [5, 5.41) is 20.8. The van der Waals surface area contributed by atoms with Gasteiger partial charge in [-0.3, -0.25) is 34.1 Å². The number of rotatable bonds is 25. The van der Waals surface area contributed by atoms with Crippen LogP contribution < -0.4 is 21.3 Å². The molecule has 5 N–H and O–H groups in total. The van der Waals surface area contributed by atoms with Gasteiger partial charge >= 0.3 is 0 Å². The lowest BCUT2D eigenvalue weighted by Crippen LogP contribution is -2.56. The lowest BCUT2D eigenvalue weighted by molar-refractivity contribution is -0.126. The SMILES string of the molecule is C=CC(=O)NCC(CNC(=O)C=C)(CNC(=O)/C=C/C=C/C(=O)N(C)CCCN(CCCN(C)C(=O)C=C)C(=O)C=C)CNC(O)C=C. The molecule has 1 unspecified atom stereocenters. The zero-order valence-corrected chi connectivity index (χ0v) is 28.1. The first-order valence-electron chi connectivity index (χ1n) is 15.3. The zero-order valence-electron chi connectivity index (χ0n) is 28.1. The molecule has 0 aliphatic rings. The molecule has 0 heterocycles. The summed E-state index contributed by atoms with van der Waals surface area (Å²) >= 11 is 0. The van der Waals surface area contributed by atoms with Crippen LogP contribution in [0.3, 0.4) is 0 Å². The standard InChI is InChI=1S/C34H51N7O7/c1-8-27(42)35-23-34(24-36-28(43)9-2,25-37-29(44)10-3)26-38-30(45)17-13-14-18-33(48)40(7)20-16-22-41(32(47)12-5)21-15-19-39(6)31(46)11-4/h8-14,17-18,27,35,42H,1-5,15-16,19-26H2,6-7H3,(H,36,43)(H,37,44)(H,38,45)/b17-13+,18-14+. The first kappa shape index (κ1) is 42.9. The minimum Gasteiger partial charge on any atom is -0.375 e. The number of aliphatic hydroxyl groups excluding tert-OH is 1. The maximum atomic E-state index is 12.6. The number of amides is 6. The van der Waals surface area contributed by atoms with Gasteiger partial charge < -0.3 is 35.8 Å². The Labute approximate surface area is 283 Å². The maximum Gasteiger partial charge on any atom is 0.246 e. The number of likely N-dealkylation sites (N-methyl/N-ethyl adjacent to an activating group) is 2. The van der Waals surface area contributed by atoms with Gasteiger partial charge in [0.05, 0.1) is 0 Å². The molecule has 14 nitrogen and oxygen atoms in total. The molecule has 0 saturated heterocycles. The molecule has 0 bridgehead atoms. The first-order valence-corrected chi connectivity index (χ1v) is 15.3. The minimum atomic E-state index is -1.08. The molecular formula is C34H51N7O7. The number of carbonyl (C=O) groups excluding carboxylic acids is 6. The van der Waals surface area contributed by atoms with E-state index in [0.29, 0.717) is 39.0 Å². The topological polar surface area (TPSA) is 180 Å². The Morgan fingerprint density at radius 1 is 0.625 bits per heavy atom. The van der Waals surface area contributed by atoms with E-state index in [0.717, 1.165) is 12.2 Å². The van der Waals surface area contributed by atoms with Gasteiger partial charge in [0.25, 0.3) is 0 Å². The van der Waals surface area contributed by atoms with Crippen LogP contribution in [0.15, 0.2) is 87.6 Å². The van der Waals surface area contributed by atoms with Crippen molar-refractivity contribution >= 4 is 35.4 Å². The molecule has 14 heteroatoms. The highest BCUT2D eigenvalue weighted by Crippen LogP contribution is 2.14. The summed E-state index contributed by atoms with van der Waals surface area (Å²) in [7, 11) is 3.27. The number of nitrogens with zero attached hydrogens (tertiary/aromatic N) is 3. The highest BCUT2D eigenvalue weighted by atomic mass is 16.3. The fourth-order valence-corrected chi connectivity index (χ4v) is 4.05. The molecule has 0 aliphatic carbocycles. The second kappa shape index (κ2) is 24.1. The van der Waals surface area contributed by atoms with Crippen LogP contribution in [0.25, 0.3) is 0 Å². The van der Waals surface area contributed by atoms with Crippen molar-refractivity contribution in [2.45, 2.75) is 19.1 Å². The third-order valence-electron chi connectivity index (χ3n) is 7.05. The third kappa shape index (κ3) is 18.2. The van der Waals surface area contributed by atoms with Gasteiger partial charge in [-0.2, -0.15) is 0 Å². The van der Waals surface area contributed by atoms with Crippen molar-refractivity contribution < 1.29 is 33.9 Å². The van der Waals surface area contributed by atoms with E-state index in [2.05, 4.69) is 54.2 Å². The summed E-state index contributed by atoms with van der Waals surface area (Å²) in [6.07, 6.45) is 11.2. The predicted molar refractivity (Wildman–Crippen MR) is 186 cm³/mol. The zero-order chi connectivity index (χ0) is 36.5. The van der Waals surface area contributed by atoms with Gasteiger partial charge in [0.2, 0.25) is 35.4 Å². The first-order chi connectivity index (χ1) is 22.8. The van der Waals surface area contributed by atoms with Crippen LogP contribution in [-0.2, 0) is 28.8 Å². The number of hydrogen-bond acceptors (Lipinski definition) is 8. The van der Waals surface area contributed by atoms with Gasteiger partial charge in [0.15, 0.2) is 0 Å². The second-order valence-corrected chi connectivity index (χ2v) is 10.8. The Morgan fingerprint density at radius 2 is 1.08 bits per heavy atom. The van der Waals surface area contributed by atoms with Crippen LogP contribution in [0.2, 0.25) is 0 Å². The highest BCUT2D eigenvalue weighted by molar-refractivity contribution is 5.90. The van der Waals surface area contributed by atoms with E-state index in [1.807, 2.05) is 0 Å². The Morgan fingerprint density at radius 3 is 1.54 bits per heavy atom. The molecule has 0 spiro atoms. The molecule has 6 amide bonds. The van der Waals surface area contributed by atoms with Crippen molar-refractivity contribution in [3.63, 3.8) is 0 Å². The molecule has 48 heavy (non-hydrogen) atoms. The molecule has 0 saturated carbocycles. The van der Waals surface area contributed by atoms with Crippen molar-refractivity contribution in [3.05, 3.63) is 87.6 Å². The number of allylic oxidation sites excluding steroid dienone is 2. The van der Waals surface area contributed by atoms with E-state index < -0.39 is 29.4 Å². The fourth-order valence-electron chi connectivity index (χ4n) is 4.05. The van der Waals surface area contributed by atoms with Gasteiger partial charge in [0.1, 0.15) is 6.23 Å². The fraction of sp³-hybridized carbons (Fsp3) is 0.412. The third-order valence-corrected chi connectivity index (χ3v) is 7.05. The Bertz CT molecular complexity index is 1200. The van der Waals surface area contributed by atoms with Crippen LogP contribution in [0.1, 0.15) is 12.8 Å². The molecule has 0 radical (unpaired) electrons. The van der Waals surface area contributed by atoms with Crippen LogP contribution in [-0.4, -0.2) is 128 Å². The largest absolute Gasteiger partial charge is 0.375 e. The van der Waals surface area contributed by atoms with Crippen molar-refractivity contribution in [1.29, 1.82) is 0 Å². The van der Waals surface area contributed by atoms with Gasteiger partial charge in [-0.1, -0.05) is 45.0 Å². The lowest BCUT2D eigenvalue weighted by Gasteiger charge is -2.35. The summed E-state index contributed by atoms with van der Waals surface area (Å²) in [5.41, 5.74) is -0.980. The van der Waals surface area contributed by atoms with E-state index in [1.54, 1.807) is 19.0 Å². The van der Waals surface area contributed by atoms with Crippen molar-refractivity contribution in [3.8, 4) is 0 Å². The van der Waals surface area contributed by atoms with E-state index in [9.17, 15) is 33.9 Å². The number of carbonyl (C=O) groups is 6. The van der Waals surface area contributed by atoms with Crippen LogP contribution in [0.5, 0.6) is 0 Å². The van der Waals surface area contributed by atoms with E-state index in [1.165, 1.54) is 52.3 Å². The summed E-state index contributed by atoms with van der Waals surface area (Å²) in [6, 6.07) is 0. The summed E-state index contributed by atoms with van der Waals surface area (Å²) in [6.45, 7) is 19.0. The smallest absolute Gasteiger partial charge is 0.246 e. The lowest BCUT2D eigenvalue weighted by atomic mass is 9.86. The average Bonchev–Trinajstić information content (AvgIpc) is 3.10. The van der Waals surface area contributed by atoms with Crippen LogP contribution >= 0.6 is 0 Å². The summed E-state index contributed by atoms with van der Waals surface area (Å²) in [4.78, 5) is 77.4. The molecule has 264 valence electrons. The van der Waals surface area contributed by atoms with Gasteiger partial charge in [-0.25, -0.2) is 0 Å². The molecule has 0 rings (SSSR count). The Balaban J connectivity index is 5.18. The van der Waals surface area contributed by atoms with Crippen molar-refractivity contribution in [2.75, 3.05) is 66.5 Å².